The predicted molar refractivity (Wildman–Crippen MR) is 40.8 cm³/mol. The van der Waals surface area contributed by atoms with E-state index in [0.29, 0.717) is 12.2 Å². The molecule has 1 saturated heterocycles. The van der Waals surface area contributed by atoms with Crippen LogP contribution in [-0.2, 0) is 4.74 Å². The van der Waals surface area contributed by atoms with Gasteiger partial charge in [0.05, 0.1) is 12.2 Å². The molecule has 0 N–H and O–H groups in total. The first-order valence-corrected chi connectivity index (χ1v) is 4.43. The van der Waals surface area contributed by atoms with Crippen molar-refractivity contribution in [3.63, 3.8) is 0 Å². The topological polar surface area (TPSA) is 12.5 Å². The minimum atomic E-state index is 0.668. The Hall–Kier alpha value is -0.0400. The molecule has 10 heavy (non-hydrogen) atoms. The molecule has 2 aliphatic rings. The summed E-state index contributed by atoms with van der Waals surface area (Å²) >= 11 is 0. The average molecular weight is 140 g/mol. The third kappa shape index (κ3) is 1.07. The van der Waals surface area contributed by atoms with Crippen molar-refractivity contribution >= 4 is 0 Å². The molecule has 1 heterocycles. The fourth-order valence-electron chi connectivity index (χ4n) is 2.04. The van der Waals surface area contributed by atoms with Gasteiger partial charge in [0.15, 0.2) is 0 Å². The average Bonchev–Trinajstić information content (AvgIpc) is 2.63. The lowest BCUT2D eigenvalue weighted by Gasteiger charge is -2.22. The molecule has 0 aromatic heterocycles. The Labute approximate surface area is 62.8 Å². The van der Waals surface area contributed by atoms with E-state index in [9.17, 15) is 0 Å². The number of epoxide rings is 1. The number of rotatable bonds is 1. The van der Waals surface area contributed by atoms with Crippen molar-refractivity contribution in [2.45, 2.75) is 45.3 Å². The minimum absolute atomic E-state index is 0.668. The molecule has 1 aliphatic heterocycles. The summed E-state index contributed by atoms with van der Waals surface area (Å²) in [6.07, 6.45) is 5.41. The molecule has 0 aromatic carbocycles. The summed E-state index contributed by atoms with van der Waals surface area (Å²) in [6, 6.07) is 0. The largest absolute Gasteiger partial charge is 0.370 e. The van der Waals surface area contributed by atoms with Crippen LogP contribution < -0.4 is 0 Å². The van der Waals surface area contributed by atoms with Gasteiger partial charge in [0.25, 0.3) is 0 Å². The van der Waals surface area contributed by atoms with E-state index in [1.807, 2.05) is 0 Å². The molecule has 1 heteroatoms. The number of hydrogen-bond donors (Lipinski definition) is 0. The summed E-state index contributed by atoms with van der Waals surface area (Å²) in [5.41, 5.74) is 0. The molecule has 58 valence electrons. The molecule has 1 aliphatic carbocycles. The molecule has 1 saturated carbocycles. The van der Waals surface area contributed by atoms with Gasteiger partial charge in [-0.25, -0.2) is 0 Å². The van der Waals surface area contributed by atoms with Crippen LogP contribution in [0, 0.1) is 11.8 Å². The summed E-state index contributed by atoms with van der Waals surface area (Å²) in [5, 5.41) is 0. The molecule has 2 rings (SSSR count). The summed E-state index contributed by atoms with van der Waals surface area (Å²) < 4.78 is 5.46. The van der Waals surface area contributed by atoms with Crippen molar-refractivity contribution in [2.24, 2.45) is 11.8 Å². The Morgan fingerprint density at radius 3 is 2.60 bits per heavy atom. The third-order valence-corrected chi connectivity index (χ3v) is 2.99. The van der Waals surface area contributed by atoms with Crippen LogP contribution in [0.3, 0.4) is 0 Å². The predicted octanol–water partition coefficient (Wildman–Crippen LogP) is 2.21. The quantitative estimate of drug-likeness (QED) is 0.509. The van der Waals surface area contributed by atoms with Crippen LogP contribution in [-0.4, -0.2) is 12.2 Å². The van der Waals surface area contributed by atoms with Crippen molar-refractivity contribution in [3.05, 3.63) is 0 Å². The lowest BCUT2D eigenvalue weighted by atomic mass is 9.82. The van der Waals surface area contributed by atoms with Gasteiger partial charge in [-0.2, -0.15) is 0 Å². The maximum absolute atomic E-state index is 5.46. The van der Waals surface area contributed by atoms with Crippen LogP contribution in [0.4, 0.5) is 0 Å². The number of fused-ring (bicyclic) bond motifs is 1. The zero-order chi connectivity index (χ0) is 7.14. The second-order valence-corrected chi connectivity index (χ2v) is 4.03. The fourth-order valence-corrected chi connectivity index (χ4v) is 2.04. The Morgan fingerprint density at radius 2 is 2.00 bits per heavy atom. The van der Waals surface area contributed by atoms with E-state index in [1.165, 1.54) is 19.3 Å². The van der Waals surface area contributed by atoms with Crippen molar-refractivity contribution in [1.29, 1.82) is 0 Å². The maximum atomic E-state index is 5.46. The highest BCUT2D eigenvalue weighted by Crippen LogP contribution is 2.41. The monoisotopic (exact) mass is 140 g/mol. The van der Waals surface area contributed by atoms with E-state index in [0.717, 1.165) is 11.8 Å². The van der Waals surface area contributed by atoms with Gasteiger partial charge in [-0.05, 0) is 31.1 Å². The van der Waals surface area contributed by atoms with Crippen molar-refractivity contribution in [2.75, 3.05) is 0 Å². The van der Waals surface area contributed by atoms with Gasteiger partial charge < -0.3 is 4.74 Å². The summed E-state index contributed by atoms with van der Waals surface area (Å²) in [6.45, 7) is 4.65. The Kier molecular flexibility index (Phi) is 1.48. The zero-order valence-electron chi connectivity index (χ0n) is 6.84. The second-order valence-electron chi connectivity index (χ2n) is 4.03. The van der Waals surface area contributed by atoms with E-state index in [1.54, 1.807) is 0 Å². The van der Waals surface area contributed by atoms with Crippen LogP contribution in [0.15, 0.2) is 0 Å². The van der Waals surface area contributed by atoms with E-state index in [2.05, 4.69) is 13.8 Å². The Morgan fingerprint density at radius 1 is 1.20 bits per heavy atom. The summed E-state index contributed by atoms with van der Waals surface area (Å²) in [7, 11) is 0. The molecule has 2 unspecified atom stereocenters. The van der Waals surface area contributed by atoms with E-state index >= 15 is 0 Å². The molecule has 0 aromatic rings. The Balaban J connectivity index is 1.88. The van der Waals surface area contributed by atoms with E-state index in [4.69, 9.17) is 4.74 Å². The van der Waals surface area contributed by atoms with Gasteiger partial charge in [0.2, 0.25) is 0 Å². The van der Waals surface area contributed by atoms with Gasteiger partial charge in [-0.1, -0.05) is 13.8 Å². The van der Waals surface area contributed by atoms with Crippen LogP contribution in [0.25, 0.3) is 0 Å². The Bertz CT molecular complexity index is 131. The van der Waals surface area contributed by atoms with Crippen LogP contribution in [0.2, 0.25) is 0 Å². The molecular weight excluding hydrogens is 124 g/mol. The molecular formula is C9H16O. The van der Waals surface area contributed by atoms with Gasteiger partial charge in [-0.15, -0.1) is 0 Å². The molecule has 0 bridgehead atoms. The molecule has 1 nitrogen and oxygen atoms in total. The molecule has 0 amide bonds. The third-order valence-electron chi connectivity index (χ3n) is 2.99. The molecule has 3 atom stereocenters. The summed E-state index contributed by atoms with van der Waals surface area (Å²) in [4.78, 5) is 0. The van der Waals surface area contributed by atoms with Crippen LogP contribution in [0.5, 0.6) is 0 Å². The van der Waals surface area contributed by atoms with Gasteiger partial charge >= 0.3 is 0 Å². The van der Waals surface area contributed by atoms with E-state index in [-0.39, 0.29) is 0 Å². The zero-order valence-corrected chi connectivity index (χ0v) is 6.84. The second kappa shape index (κ2) is 2.23. The van der Waals surface area contributed by atoms with Gasteiger partial charge in [0, 0.05) is 0 Å². The van der Waals surface area contributed by atoms with Gasteiger partial charge in [-0.3, -0.25) is 0 Å². The minimum Gasteiger partial charge on any atom is -0.370 e. The summed E-state index contributed by atoms with van der Waals surface area (Å²) in [5.74, 6) is 1.81. The first kappa shape index (κ1) is 6.66. The van der Waals surface area contributed by atoms with Crippen molar-refractivity contribution in [1.82, 2.24) is 0 Å². The highest BCUT2D eigenvalue weighted by molar-refractivity contribution is 4.92. The number of ether oxygens (including phenoxy) is 1. The lowest BCUT2D eigenvalue weighted by molar-refractivity contribution is 0.297. The fraction of sp³-hybridized carbons (Fsp3) is 1.00. The number of hydrogen-bond acceptors (Lipinski definition) is 1. The lowest BCUT2D eigenvalue weighted by Crippen LogP contribution is -2.17. The highest BCUT2D eigenvalue weighted by atomic mass is 16.6. The van der Waals surface area contributed by atoms with E-state index < -0.39 is 0 Å². The normalized spacial score (nSPS) is 45.3. The molecule has 2 fully saturated rings. The van der Waals surface area contributed by atoms with Crippen molar-refractivity contribution in [3.8, 4) is 0 Å². The SMILES string of the molecule is CC(C)[C@H]1CCC2OC2C1. The smallest absolute Gasteiger partial charge is 0.0844 e. The standard InChI is InChI=1S/C9H16O/c1-6(2)7-3-4-8-9(5-7)10-8/h6-9H,3-5H2,1-2H3/t7-,8?,9?/m0/s1. The van der Waals surface area contributed by atoms with Crippen LogP contribution in [0.1, 0.15) is 33.1 Å². The molecule has 0 spiro atoms. The highest BCUT2D eigenvalue weighted by Gasteiger charge is 2.44. The first-order chi connectivity index (χ1) is 4.77. The molecule has 0 radical (unpaired) electrons. The van der Waals surface area contributed by atoms with Crippen molar-refractivity contribution < 1.29 is 4.74 Å². The first-order valence-electron chi connectivity index (χ1n) is 4.43. The van der Waals surface area contributed by atoms with Gasteiger partial charge in [0.1, 0.15) is 0 Å². The van der Waals surface area contributed by atoms with Crippen LogP contribution >= 0.6 is 0 Å². The maximum Gasteiger partial charge on any atom is 0.0844 e.